The predicted octanol–water partition coefficient (Wildman–Crippen LogP) is 3.10. The van der Waals surface area contributed by atoms with Crippen molar-refractivity contribution in [3.05, 3.63) is 28.3 Å². The minimum Gasteiger partial charge on any atom is -0.493 e. The largest absolute Gasteiger partial charge is 0.493 e. The molecule has 1 aromatic carbocycles. The Morgan fingerprint density at radius 3 is 3.00 bits per heavy atom. The number of hydrogen-bond donors (Lipinski definition) is 2. The summed E-state index contributed by atoms with van der Waals surface area (Å²) in [6.07, 6.45) is 1.92. The van der Waals surface area contributed by atoms with Crippen molar-refractivity contribution in [3.8, 4) is 5.75 Å². The average Bonchev–Trinajstić information content (AvgIpc) is 2.83. The minimum atomic E-state index is 0. The third-order valence-corrected chi connectivity index (χ3v) is 3.47. The van der Waals surface area contributed by atoms with Crippen molar-refractivity contribution in [3.63, 3.8) is 0 Å². The molecule has 0 saturated heterocycles. The minimum absolute atomic E-state index is 0. The van der Waals surface area contributed by atoms with Gasteiger partial charge in [0.25, 0.3) is 0 Å². The summed E-state index contributed by atoms with van der Waals surface area (Å²) in [4.78, 5) is 4.35. The molecule has 4 nitrogen and oxygen atoms in total. The number of hydrogen-bond acceptors (Lipinski definition) is 2. The molecule has 0 aliphatic carbocycles. The number of guanidine groups is 1. The van der Waals surface area contributed by atoms with E-state index in [0.717, 1.165) is 34.7 Å². The molecule has 0 saturated carbocycles. The summed E-state index contributed by atoms with van der Waals surface area (Å²) in [5, 5.41) is 3.86. The molecule has 20 heavy (non-hydrogen) atoms. The summed E-state index contributed by atoms with van der Waals surface area (Å²) in [6, 6.07) is 4.17. The highest BCUT2D eigenvalue weighted by Crippen LogP contribution is 2.33. The molecule has 0 amide bonds. The molecule has 0 radical (unpaired) electrons. The third-order valence-electron chi connectivity index (χ3n) is 3.25. The van der Waals surface area contributed by atoms with Gasteiger partial charge >= 0.3 is 0 Å². The van der Waals surface area contributed by atoms with E-state index in [1.807, 2.05) is 12.1 Å². The van der Waals surface area contributed by atoms with E-state index in [2.05, 4.69) is 24.2 Å². The maximum atomic E-state index is 6.10. The first kappa shape index (κ1) is 17.4. The van der Waals surface area contributed by atoms with E-state index in [0.29, 0.717) is 25.2 Å². The maximum Gasteiger partial charge on any atom is 0.189 e. The second-order valence-electron chi connectivity index (χ2n) is 4.81. The Balaban J connectivity index is 0.00000200. The number of fused-ring (bicyclic) bond motifs is 1. The van der Waals surface area contributed by atoms with Crippen molar-refractivity contribution < 1.29 is 4.74 Å². The number of nitrogens with two attached hydrogens (primary N) is 1. The standard InChI is InChI=1S/C14H20ClN3O.HI/c1-3-9(2)18-14(16)17-8-11-7-12(15)6-10-4-5-19-13(10)11;/h6-7,9H,3-5,8H2,1-2H3,(H3,16,17,18);1H. The smallest absolute Gasteiger partial charge is 0.189 e. The van der Waals surface area contributed by atoms with Gasteiger partial charge in [-0.25, -0.2) is 4.99 Å². The van der Waals surface area contributed by atoms with Crippen molar-refractivity contribution in [1.29, 1.82) is 0 Å². The Morgan fingerprint density at radius 1 is 1.55 bits per heavy atom. The van der Waals surface area contributed by atoms with Crippen LogP contribution in [0.25, 0.3) is 0 Å². The SMILES string of the molecule is CCC(C)NC(N)=NCc1cc(Cl)cc2c1OCC2.I. The summed E-state index contributed by atoms with van der Waals surface area (Å²) in [7, 11) is 0. The monoisotopic (exact) mass is 409 g/mol. The topological polar surface area (TPSA) is 59.6 Å². The fourth-order valence-corrected chi connectivity index (χ4v) is 2.30. The molecule has 1 atom stereocenters. The van der Waals surface area contributed by atoms with Crippen molar-refractivity contribution in [2.24, 2.45) is 10.7 Å². The number of aliphatic imine (C=N–C) groups is 1. The highest BCUT2D eigenvalue weighted by atomic mass is 127. The average molecular weight is 410 g/mol. The molecule has 3 N–H and O–H groups in total. The molecule has 1 aromatic rings. The lowest BCUT2D eigenvalue weighted by Crippen LogP contribution is -2.38. The molecule has 2 rings (SSSR count). The summed E-state index contributed by atoms with van der Waals surface area (Å²) in [5.41, 5.74) is 8.00. The van der Waals surface area contributed by atoms with Gasteiger partial charge < -0.3 is 15.8 Å². The Morgan fingerprint density at radius 2 is 2.30 bits per heavy atom. The van der Waals surface area contributed by atoms with Crippen LogP contribution < -0.4 is 15.8 Å². The van der Waals surface area contributed by atoms with Gasteiger partial charge in [-0.05, 0) is 31.0 Å². The van der Waals surface area contributed by atoms with Gasteiger partial charge in [0.1, 0.15) is 5.75 Å². The number of ether oxygens (including phenoxy) is 1. The summed E-state index contributed by atoms with van der Waals surface area (Å²) in [6.45, 7) is 5.37. The molecule has 0 bridgehead atoms. The van der Waals surface area contributed by atoms with Gasteiger partial charge in [0, 0.05) is 23.0 Å². The van der Waals surface area contributed by atoms with E-state index in [1.165, 1.54) is 0 Å². The maximum absolute atomic E-state index is 6.10. The molecule has 1 aliphatic rings. The number of halogens is 2. The van der Waals surface area contributed by atoms with Crippen LogP contribution in [0.3, 0.4) is 0 Å². The van der Waals surface area contributed by atoms with Gasteiger partial charge in [-0.2, -0.15) is 0 Å². The first-order chi connectivity index (χ1) is 9.10. The van der Waals surface area contributed by atoms with Crippen molar-refractivity contribution in [2.45, 2.75) is 39.3 Å². The van der Waals surface area contributed by atoms with Gasteiger partial charge in [0.05, 0.1) is 13.2 Å². The van der Waals surface area contributed by atoms with Gasteiger partial charge in [-0.3, -0.25) is 0 Å². The zero-order chi connectivity index (χ0) is 13.8. The van der Waals surface area contributed by atoms with E-state index >= 15 is 0 Å². The summed E-state index contributed by atoms with van der Waals surface area (Å²) >= 11 is 6.10. The molecule has 0 aromatic heterocycles. The second kappa shape index (κ2) is 7.93. The van der Waals surface area contributed by atoms with Crippen molar-refractivity contribution in [2.75, 3.05) is 6.61 Å². The second-order valence-corrected chi connectivity index (χ2v) is 5.24. The van der Waals surface area contributed by atoms with E-state index in [-0.39, 0.29) is 24.0 Å². The number of nitrogens with zero attached hydrogens (tertiary/aromatic N) is 1. The van der Waals surface area contributed by atoms with Gasteiger partial charge in [0.2, 0.25) is 0 Å². The van der Waals surface area contributed by atoms with Gasteiger partial charge in [-0.15, -0.1) is 24.0 Å². The first-order valence-corrected chi connectivity index (χ1v) is 6.98. The van der Waals surface area contributed by atoms with Crippen LogP contribution in [0.2, 0.25) is 5.02 Å². The third kappa shape index (κ3) is 4.41. The zero-order valence-electron chi connectivity index (χ0n) is 11.8. The van der Waals surface area contributed by atoms with E-state index in [9.17, 15) is 0 Å². The Kier molecular flexibility index (Phi) is 6.88. The molecule has 1 aliphatic heterocycles. The van der Waals surface area contributed by atoms with Gasteiger partial charge in [0.15, 0.2) is 5.96 Å². The zero-order valence-corrected chi connectivity index (χ0v) is 14.9. The Hall–Kier alpha value is -0.690. The fourth-order valence-electron chi connectivity index (χ4n) is 2.03. The molecule has 0 spiro atoms. The lowest BCUT2D eigenvalue weighted by Gasteiger charge is -2.12. The van der Waals surface area contributed by atoms with Crippen LogP contribution in [0.5, 0.6) is 5.75 Å². The number of nitrogens with one attached hydrogen (secondary N) is 1. The van der Waals surface area contributed by atoms with E-state index in [1.54, 1.807) is 0 Å². The van der Waals surface area contributed by atoms with Crippen molar-refractivity contribution >= 4 is 41.5 Å². The Bertz CT molecular complexity index is 494. The van der Waals surface area contributed by atoms with E-state index < -0.39 is 0 Å². The van der Waals surface area contributed by atoms with Crippen LogP contribution in [0.4, 0.5) is 0 Å². The molecular formula is C14H21ClIN3O. The summed E-state index contributed by atoms with van der Waals surface area (Å²) < 4.78 is 5.63. The lowest BCUT2D eigenvalue weighted by atomic mass is 10.1. The molecule has 6 heteroatoms. The summed E-state index contributed by atoms with van der Waals surface area (Å²) in [5.74, 6) is 1.38. The highest BCUT2D eigenvalue weighted by molar-refractivity contribution is 14.0. The fraction of sp³-hybridized carbons (Fsp3) is 0.500. The van der Waals surface area contributed by atoms with Crippen molar-refractivity contribution in [1.82, 2.24) is 5.32 Å². The Labute approximate surface area is 142 Å². The number of rotatable bonds is 4. The quantitative estimate of drug-likeness (QED) is 0.456. The molecule has 1 unspecified atom stereocenters. The molecule has 0 fully saturated rings. The van der Waals surface area contributed by atoms with Gasteiger partial charge in [-0.1, -0.05) is 18.5 Å². The van der Waals surface area contributed by atoms with Crippen LogP contribution in [-0.4, -0.2) is 18.6 Å². The first-order valence-electron chi connectivity index (χ1n) is 6.60. The van der Waals surface area contributed by atoms with E-state index in [4.69, 9.17) is 22.1 Å². The van der Waals surface area contributed by atoms with Crippen LogP contribution >= 0.6 is 35.6 Å². The van der Waals surface area contributed by atoms with Crippen LogP contribution in [-0.2, 0) is 13.0 Å². The lowest BCUT2D eigenvalue weighted by molar-refractivity contribution is 0.353. The van der Waals surface area contributed by atoms with Crippen LogP contribution in [0.1, 0.15) is 31.4 Å². The van der Waals surface area contributed by atoms with Crippen LogP contribution in [0, 0.1) is 0 Å². The predicted molar refractivity (Wildman–Crippen MR) is 94.3 cm³/mol. The number of benzene rings is 1. The molecule has 1 heterocycles. The molecule has 112 valence electrons. The van der Waals surface area contributed by atoms with Crippen LogP contribution in [0.15, 0.2) is 17.1 Å². The molecular weight excluding hydrogens is 389 g/mol. The highest BCUT2D eigenvalue weighted by Gasteiger charge is 2.17. The normalized spacial score (nSPS) is 15.1.